The minimum atomic E-state index is -0.339. The van der Waals surface area contributed by atoms with Crippen LogP contribution in [0, 0.1) is 5.82 Å². The Kier molecular flexibility index (Phi) is 5.39. The number of rotatable bonds is 5. The summed E-state index contributed by atoms with van der Waals surface area (Å²) in [5.74, 6) is -0.0157. The van der Waals surface area contributed by atoms with Crippen LogP contribution in [-0.4, -0.2) is 42.0 Å². The highest BCUT2D eigenvalue weighted by atomic mass is 19.1. The number of aromatic nitrogens is 2. The molecule has 7 nitrogen and oxygen atoms in total. The summed E-state index contributed by atoms with van der Waals surface area (Å²) in [4.78, 5) is 26.0. The van der Waals surface area contributed by atoms with Gasteiger partial charge in [0.2, 0.25) is 5.91 Å². The van der Waals surface area contributed by atoms with Crippen molar-refractivity contribution in [2.45, 2.75) is 13.1 Å². The molecule has 1 aliphatic rings. The summed E-state index contributed by atoms with van der Waals surface area (Å²) in [5.41, 5.74) is 0.436. The number of carbonyl (C=O) groups is 1. The normalized spacial score (nSPS) is 14.4. The first-order valence-corrected chi connectivity index (χ1v) is 8.04. The van der Waals surface area contributed by atoms with Gasteiger partial charge in [-0.2, -0.15) is 5.10 Å². The van der Waals surface area contributed by atoms with Gasteiger partial charge in [0.05, 0.1) is 13.2 Å². The highest BCUT2D eigenvalue weighted by molar-refractivity contribution is 5.75. The molecular weight excluding hydrogens is 327 g/mol. The summed E-state index contributed by atoms with van der Waals surface area (Å²) in [5, 5.41) is 6.97. The van der Waals surface area contributed by atoms with Crippen molar-refractivity contribution in [3.63, 3.8) is 0 Å². The number of ether oxygens (including phenoxy) is 1. The minimum absolute atomic E-state index is 0.168. The van der Waals surface area contributed by atoms with Crippen LogP contribution in [0.1, 0.15) is 5.56 Å². The Hall–Kier alpha value is -2.74. The molecule has 1 N–H and O–H groups in total. The van der Waals surface area contributed by atoms with Crippen molar-refractivity contribution in [1.82, 2.24) is 15.1 Å². The van der Waals surface area contributed by atoms with Crippen LogP contribution >= 0.6 is 0 Å². The summed E-state index contributed by atoms with van der Waals surface area (Å²) in [6.45, 7) is 2.71. The number of hydrogen-bond acceptors (Lipinski definition) is 5. The van der Waals surface area contributed by atoms with Gasteiger partial charge in [0.15, 0.2) is 0 Å². The van der Waals surface area contributed by atoms with Crippen LogP contribution in [0.15, 0.2) is 41.2 Å². The smallest absolute Gasteiger partial charge is 0.267 e. The maximum atomic E-state index is 12.9. The van der Waals surface area contributed by atoms with Crippen molar-refractivity contribution in [2.24, 2.45) is 0 Å². The molecule has 1 aromatic carbocycles. The van der Waals surface area contributed by atoms with Crippen LogP contribution < -0.4 is 15.8 Å². The fourth-order valence-corrected chi connectivity index (χ4v) is 2.51. The summed E-state index contributed by atoms with van der Waals surface area (Å²) >= 11 is 0. The fraction of sp³-hybridized carbons (Fsp3) is 0.353. The summed E-state index contributed by atoms with van der Waals surface area (Å²) < 4.78 is 19.3. The zero-order valence-electron chi connectivity index (χ0n) is 13.7. The number of halogens is 1. The van der Waals surface area contributed by atoms with Crippen molar-refractivity contribution < 1.29 is 13.9 Å². The Morgan fingerprint density at radius 3 is 2.60 bits per heavy atom. The van der Waals surface area contributed by atoms with Gasteiger partial charge < -0.3 is 15.0 Å². The van der Waals surface area contributed by atoms with Gasteiger partial charge in [-0.3, -0.25) is 9.59 Å². The first kappa shape index (κ1) is 17.1. The Labute approximate surface area is 144 Å². The minimum Gasteiger partial charge on any atom is -0.378 e. The lowest BCUT2D eigenvalue weighted by atomic mass is 10.2. The Bertz CT molecular complexity index is 785. The van der Waals surface area contributed by atoms with E-state index in [-0.39, 0.29) is 30.4 Å². The molecule has 1 amide bonds. The molecule has 3 rings (SSSR count). The zero-order valence-corrected chi connectivity index (χ0v) is 13.7. The lowest BCUT2D eigenvalue weighted by Gasteiger charge is -2.27. The standard InChI is InChI=1S/C17H19FN4O3/c18-14-3-1-13(2-4-14)11-19-16(23)12-22-17(24)6-5-15(20-22)21-7-9-25-10-8-21/h1-6H,7-12H2,(H,19,23). The van der Waals surface area contributed by atoms with Crippen molar-refractivity contribution >= 4 is 11.7 Å². The second-order valence-electron chi connectivity index (χ2n) is 5.69. The molecule has 0 unspecified atom stereocenters. The van der Waals surface area contributed by atoms with Gasteiger partial charge in [0, 0.05) is 25.7 Å². The topological polar surface area (TPSA) is 76.5 Å². The van der Waals surface area contributed by atoms with Gasteiger partial charge in [-0.25, -0.2) is 9.07 Å². The Morgan fingerprint density at radius 1 is 1.16 bits per heavy atom. The lowest BCUT2D eigenvalue weighted by molar-refractivity contribution is -0.122. The van der Waals surface area contributed by atoms with E-state index in [1.165, 1.54) is 18.2 Å². The van der Waals surface area contributed by atoms with E-state index in [2.05, 4.69) is 10.4 Å². The monoisotopic (exact) mass is 346 g/mol. The Morgan fingerprint density at radius 2 is 1.88 bits per heavy atom. The van der Waals surface area contributed by atoms with Gasteiger partial charge in [-0.1, -0.05) is 12.1 Å². The van der Waals surface area contributed by atoms with Gasteiger partial charge >= 0.3 is 0 Å². The summed E-state index contributed by atoms with van der Waals surface area (Å²) in [6.07, 6.45) is 0. The quantitative estimate of drug-likeness (QED) is 0.855. The molecule has 25 heavy (non-hydrogen) atoms. The molecule has 1 fully saturated rings. The number of nitrogens with zero attached hydrogens (tertiary/aromatic N) is 3. The van der Waals surface area contributed by atoms with E-state index >= 15 is 0 Å². The molecule has 0 atom stereocenters. The van der Waals surface area contributed by atoms with E-state index in [0.29, 0.717) is 32.1 Å². The molecule has 0 spiro atoms. The van der Waals surface area contributed by atoms with Crippen LogP contribution in [0.5, 0.6) is 0 Å². The van der Waals surface area contributed by atoms with E-state index in [1.807, 2.05) is 4.90 Å². The van der Waals surface area contributed by atoms with E-state index < -0.39 is 0 Å². The highest BCUT2D eigenvalue weighted by Gasteiger charge is 2.14. The number of carbonyl (C=O) groups excluding carboxylic acids is 1. The van der Waals surface area contributed by atoms with Crippen molar-refractivity contribution in [3.05, 3.63) is 58.1 Å². The van der Waals surface area contributed by atoms with Crippen molar-refractivity contribution in [2.75, 3.05) is 31.2 Å². The maximum Gasteiger partial charge on any atom is 0.267 e. The van der Waals surface area contributed by atoms with Crippen LogP contribution in [0.4, 0.5) is 10.2 Å². The van der Waals surface area contributed by atoms with E-state index in [9.17, 15) is 14.0 Å². The zero-order chi connectivity index (χ0) is 17.6. The molecule has 1 aromatic heterocycles. The Balaban J connectivity index is 1.61. The van der Waals surface area contributed by atoms with Gasteiger partial charge in [-0.15, -0.1) is 0 Å². The maximum absolute atomic E-state index is 12.9. The van der Waals surface area contributed by atoms with Crippen LogP contribution in [0.25, 0.3) is 0 Å². The second-order valence-corrected chi connectivity index (χ2v) is 5.69. The number of benzene rings is 1. The first-order chi connectivity index (χ1) is 12.1. The molecule has 0 bridgehead atoms. The predicted octanol–water partition coefficient (Wildman–Crippen LogP) is 0.535. The van der Waals surface area contributed by atoms with Gasteiger partial charge in [0.1, 0.15) is 18.2 Å². The third kappa shape index (κ3) is 4.63. The lowest BCUT2D eigenvalue weighted by Crippen LogP contribution is -2.39. The highest BCUT2D eigenvalue weighted by Crippen LogP contribution is 2.09. The largest absolute Gasteiger partial charge is 0.378 e. The molecular formula is C17H19FN4O3. The first-order valence-electron chi connectivity index (χ1n) is 8.04. The van der Waals surface area contributed by atoms with Crippen LogP contribution in [0.3, 0.4) is 0 Å². The number of hydrogen-bond donors (Lipinski definition) is 1. The van der Waals surface area contributed by atoms with Gasteiger partial charge in [-0.05, 0) is 23.8 Å². The number of morpholine rings is 1. The molecule has 0 saturated carbocycles. The molecule has 0 radical (unpaired) electrons. The molecule has 132 valence electrons. The average molecular weight is 346 g/mol. The number of anilines is 1. The number of nitrogens with one attached hydrogen (secondary N) is 1. The van der Waals surface area contributed by atoms with E-state index in [1.54, 1.807) is 18.2 Å². The molecule has 0 aliphatic carbocycles. The summed E-state index contributed by atoms with van der Waals surface area (Å²) in [7, 11) is 0. The molecule has 1 saturated heterocycles. The van der Waals surface area contributed by atoms with Crippen molar-refractivity contribution in [3.8, 4) is 0 Å². The third-order valence-corrected chi connectivity index (χ3v) is 3.88. The molecule has 1 aliphatic heterocycles. The number of amides is 1. The van der Waals surface area contributed by atoms with Crippen LogP contribution in [0.2, 0.25) is 0 Å². The SMILES string of the molecule is O=C(Cn1nc(N2CCOCC2)ccc1=O)NCc1ccc(F)cc1. The van der Waals surface area contributed by atoms with E-state index in [4.69, 9.17) is 4.74 Å². The molecule has 2 aromatic rings. The van der Waals surface area contributed by atoms with Crippen LogP contribution in [-0.2, 0) is 22.6 Å². The second kappa shape index (κ2) is 7.89. The fourth-order valence-electron chi connectivity index (χ4n) is 2.51. The molecule has 2 heterocycles. The van der Waals surface area contributed by atoms with Gasteiger partial charge in [0.25, 0.3) is 5.56 Å². The van der Waals surface area contributed by atoms with Crippen molar-refractivity contribution in [1.29, 1.82) is 0 Å². The average Bonchev–Trinajstić information content (AvgIpc) is 2.64. The van der Waals surface area contributed by atoms with E-state index in [0.717, 1.165) is 10.2 Å². The summed E-state index contributed by atoms with van der Waals surface area (Å²) in [6, 6.07) is 8.92. The predicted molar refractivity (Wildman–Crippen MR) is 89.8 cm³/mol. The third-order valence-electron chi connectivity index (χ3n) is 3.88. The molecule has 8 heteroatoms.